The van der Waals surface area contributed by atoms with Gasteiger partial charge in [0.15, 0.2) is 0 Å². The van der Waals surface area contributed by atoms with Crippen LogP contribution in [0.2, 0.25) is 0 Å². The molecule has 0 N–H and O–H groups in total. The van der Waals surface area contributed by atoms with Crippen LogP contribution < -0.4 is 0 Å². The van der Waals surface area contributed by atoms with E-state index in [1.165, 1.54) is 0 Å². The number of rotatable bonds is 5. The number of hydrogen-bond acceptors (Lipinski definition) is 6. The highest BCUT2D eigenvalue weighted by Crippen LogP contribution is 2.25. The van der Waals surface area contributed by atoms with Crippen LogP contribution >= 0.6 is 21.6 Å². The molecule has 0 aromatic heterocycles. The fraction of sp³-hybridized carbons (Fsp3) is 0.600. The Balaban J connectivity index is 1.53. The van der Waals surface area contributed by atoms with E-state index in [1.54, 1.807) is 0 Å². The van der Waals surface area contributed by atoms with Crippen LogP contribution in [0.15, 0.2) is 24.8 Å². The van der Waals surface area contributed by atoms with Gasteiger partial charge in [0.1, 0.15) is 0 Å². The van der Waals surface area contributed by atoms with Gasteiger partial charge in [0.05, 0.1) is 25.1 Å². The fourth-order valence-corrected chi connectivity index (χ4v) is 3.57. The van der Waals surface area contributed by atoms with Crippen molar-refractivity contribution in [3.8, 4) is 0 Å². The topological polar surface area (TPSA) is 13.0 Å². The predicted molar refractivity (Wildman–Crippen MR) is 72.1 cm³/mol. The summed E-state index contributed by atoms with van der Waals surface area (Å²) in [7, 11) is 8.02. The highest BCUT2D eigenvalue weighted by Gasteiger charge is 2.10. The normalized spacial score (nSPS) is 19.4. The van der Waals surface area contributed by atoms with Gasteiger partial charge in [-0.1, -0.05) is 21.6 Å². The van der Waals surface area contributed by atoms with Gasteiger partial charge >= 0.3 is 0 Å². The van der Waals surface area contributed by atoms with Gasteiger partial charge in [-0.05, 0) is 0 Å². The van der Waals surface area contributed by atoms with Gasteiger partial charge in [0, 0.05) is 38.9 Å². The van der Waals surface area contributed by atoms with E-state index in [0.29, 0.717) is 0 Å². The molecule has 90 valence electrons. The third-order valence-corrected chi connectivity index (χ3v) is 4.57. The summed E-state index contributed by atoms with van der Waals surface area (Å²) < 4.78 is 0. The van der Waals surface area contributed by atoms with Gasteiger partial charge in [-0.15, -0.1) is 0 Å². The summed E-state index contributed by atoms with van der Waals surface area (Å²) in [5.41, 5.74) is 0. The Morgan fingerprint density at radius 2 is 1.25 bits per heavy atom. The molecule has 2 aliphatic rings. The molecule has 2 aliphatic heterocycles. The molecule has 0 aromatic rings. The molecule has 16 heavy (non-hydrogen) atoms. The Labute approximate surface area is 105 Å². The first-order valence-corrected chi connectivity index (χ1v) is 7.72. The van der Waals surface area contributed by atoms with Crippen molar-refractivity contribution in [3.05, 3.63) is 24.8 Å². The van der Waals surface area contributed by atoms with Crippen molar-refractivity contribution in [2.45, 2.75) is 0 Å². The summed E-state index contributed by atoms with van der Waals surface area (Å²) in [6.07, 6.45) is 8.53. The lowest BCUT2D eigenvalue weighted by Gasteiger charge is -2.19. The van der Waals surface area contributed by atoms with Crippen molar-refractivity contribution in [2.24, 2.45) is 0 Å². The molecule has 0 saturated heterocycles. The van der Waals surface area contributed by atoms with Crippen molar-refractivity contribution in [1.29, 1.82) is 0 Å². The monoisotopic (exact) mass is 258 g/mol. The zero-order chi connectivity index (χ0) is 11.4. The van der Waals surface area contributed by atoms with Gasteiger partial charge in [0.2, 0.25) is 0 Å². The molecule has 4 nitrogen and oxygen atoms in total. The molecule has 0 fully saturated rings. The molecule has 0 atom stereocenters. The van der Waals surface area contributed by atoms with Crippen LogP contribution in [0.1, 0.15) is 0 Å². The van der Waals surface area contributed by atoms with Crippen LogP contribution in [0.25, 0.3) is 0 Å². The summed E-state index contributed by atoms with van der Waals surface area (Å²) in [5, 5.41) is 0. The minimum atomic E-state index is 1.01. The van der Waals surface area contributed by atoms with E-state index >= 15 is 0 Å². The summed E-state index contributed by atoms with van der Waals surface area (Å²) >= 11 is 0. The molecule has 0 amide bonds. The maximum absolute atomic E-state index is 2.31. The first kappa shape index (κ1) is 11.9. The van der Waals surface area contributed by atoms with Crippen molar-refractivity contribution < 1.29 is 0 Å². The van der Waals surface area contributed by atoms with E-state index < -0.39 is 0 Å². The van der Waals surface area contributed by atoms with E-state index in [9.17, 15) is 0 Å². The summed E-state index contributed by atoms with van der Waals surface area (Å²) in [6.45, 7) is 2.03. The minimum Gasteiger partial charge on any atom is -0.362 e. The number of hydrogen-bond donors (Lipinski definition) is 0. The van der Waals surface area contributed by atoms with Crippen LogP contribution in [-0.2, 0) is 0 Å². The Morgan fingerprint density at radius 3 is 1.56 bits per heavy atom. The lowest BCUT2D eigenvalue weighted by atomic mass is 10.9. The second-order valence-electron chi connectivity index (χ2n) is 4.06. The third kappa shape index (κ3) is 3.45. The predicted octanol–water partition coefficient (Wildman–Crippen LogP) is 1.64. The van der Waals surface area contributed by atoms with Crippen LogP contribution in [0.3, 0.4) is 0 Å². The van der Waals surface area contributed by atoms with Crippen LogP contribution in [-0.4, -0.2) is 58.8 Å². The highest BCUT2D eigenvalue weighted by atomic mass is 33.1. The maximum atomic E-state index is 2.31. The zero-order valence-electron chi connectivity index (χ0n) is 9.74. The summed E-state index contributed by atoms with van der Waals surface area (Å²) in [4.78, 5) is 8.99. The van der Waals surface area contributed by atoms with E-state index in [2.05, 4.69) is 58.5 Å². The minimum absolute atomic E-state index is 1.01. The Bertz CT molecular complexity index is 254. The Kier molecular flexibility index (Phi) is 4.17. The molecule has 0 unspecified atom stereocenters. The molecule has 0 radical (unpaired) electrons. The van der Waals surface area contributed by atoms with Gasteiger partial charge in [-0.3, -0.25) is 0 Å². The quantitative estimate of drug-likeness (QED) is 0.545. The molecule has 0 aromatic carbocycles. The lowest BCUT2D eigenvalue weighted by Crippen LogP contribution is -2.22. The Morgan fingerprint density at radius 1 is 0.812 bits per heavy atom. The molecule has 2 rings (SSSR count). The molecular formula is C10H18N4S2. The van der Waals surface area contributed by atoms with E-state index in [1.807, 2.05) is 21.6 Å². The first-order valence-electron chi connectivity index (χ1n) is 5.24. The summed E-state index contributed by atoms with van der Waals surface area (Å²) in [6, 6.07) is 0. The highest BCUT2D eigenvalue weighted by molar-refractivity contribution is 8.76. The summed E-state index contributed by atoms with van der Waals surface area (Å²) in [5.74, 6) is 2.11. The van der Waals surface area contributed by atoms with E-state index in [0.717, 1.165) is 25.1 Å². The van der Waals surface area contributed by atoms with Crippen LogP contribution in [0.5, 0.6) is 0 Å². The van der Waals surface area contributed by atoms with Gasteiger partial charge < -0.3 is 19.6 Å². The largest absolute Gasteiger partial charge is 0.362 e. The lowest BCUT2D eigenvalue weighted by molar-refractivity contribution is 0.330. The molecule has 0 bridgehead atoms. The molecule has 0 spiro atoms. The van der Waals surface area contributed by atoms with E-state index in [4.69, 9.17) is 0 Å². The molecule has 6 heteroatoms. The first-order chi connectivity index (χ1) is 7.74. The van der Waals surface area contributed by atoms with Crippen molar-refractivity contribution >= 4 is 21.6 Å². The van der Waals surface area contributed by atoms with Crippen LogP contribution in [0, 0.1) is 0 Å². The van der Waals surface area contributed by atoms with E-state index in [-0.39, 0.29) is 0 Å². The van der Waals surface area contributed by atoms with Crippen molar-refractivity contribution in [3.63, 3.8) is 0 Å². The van der Waals surface area contributed by atoms with Gasteiger partial charge in [-0.25, -0.2) is 0 Å². The molecular weight excluding hydrogens is 240 g/mol. The maximum Gasteiger partial charge on any atom is 0.0898 e. The van der Waals surface area contributed by atoms with Gasteiger partial charge in [0.25, 0.3) is 0 Å². The molecule has 2 heterocycles. The average Bonchev–Trinajstić information content (AvgIpc) is 2.83. The zero-order valence-corrected chi connectivity index (χ0v) is 11.4. The van der Waals surface area contributed by atoms with Crippen molar-refractivity contribution in [2.75, 3.05) is 39.2 Å². The molecule has 0 aliphatic carbocycles. The van der Waals surface area contributed by atoms with Crippen molar-refractivity contribution in [1.82, 2.24) is 19.6 Å². The smallest absolute Gasteiger partial charge is 0.0898 e. The van der Waals surface area contributed by atoms with Crippen LogP contribution in [0.4, 0.5) is 0 Å². The second kappa shape index (κ2) is 5.63. The number of nitrogens with zero attached hydrogens (tertiary/aromatic N) is 4. The Hall–Kier alpha value is -0.620. The fourth-order valence-electron chi connectivity index (χ4n) is 1.56. The standard InChI is InChI=1S/C10H18N4S2/c1-11-3-5-13(7-11)9-15-16-10-14-6-4-12(2)8-14/h3-6H,7-10H2,1-2H3. The second-order valence-corrected chi connectivity index (χ2v) is 6.47. The average molecular weight is 258 g/mol. The molecule has 0 saturated carbocycles. The SMILES string of the molecule is CN1C=CN(CSSCN2C=CN(C)C2)C1. The van der Waals surface area contributed by atoms with Gasteiger partial charge in [-0.2, -0.15) is 0 Å². The third-order valence-electron chi connectivity index (χ3n) is 2.39.